The van der Waals surface area contributed by atoms with Gasteiger partial charge in [0.2, 0.25) is 0 Å². The van der Waals surface area contributed by atoms with E-state index in [4.69, 9.17) is 0 Å². The largest absolute Gasteiger partial charge is 0.573 e. The van der Waals surface area contributed by atoms with Crippen molar-refractivity contribution in [1.29, 1.82) is 0 Å². The molecule has 0 aliphatic heterocycles. The molecule has 18 heavy (non-hydrogen) atoms. The topological polar surface area (TPSA) is 39.2 Å². The van der Waals surface area contributed by atoms with Crippen LogP contribution in [0.5, 0.6) is 5.75 Å². The van der Waals surface area contributed by atoms with E-state index >= 15 is 0 Å². The maximum Gasteiger partial charge on any atom is 0.573 e. The molecule has 0 saturated heterocycles. The number of halogens is 6. The van der Waals surface area contributed by atoms with Gasteiger partial charge in [-0.25, -0.2) is 8.78 Å². The van der Waals surface area contributed by atoms with Gasteiger partial charge >= 0.3 is 6.36 Å². The Labute approximate surface area is 106 Å². The van der Waals surface area contributed by atoms with Crippen molar-refractivity contribution < 1.29 is 31.5 Å². The number of carbonyl (C=O) groups excluding carboxylic acids is 1. The lowest BCUT2D eigenvalue weighted by Gasteiger charge is -2.15. The Morgan fingerprint density at radius 2 is 2.06 bits per heavy atom. The smallest absolute Gasteiger partial charge is 0.405 e. The first-order valence-corrected chi connectivity index (χ1v) is 5.49. The predicted octanol–water partition coefficient (Wildman–Crippen LogP) is 3.63. The maximum atomic E-state index is 12.5. The molecule has 0 unspecified atom stereocenters. The van der Waals surface area contributed by atoms with E-state index in [2.05, 4.69) is 25.7 Å². The Bertz CT molecular complexity index is 449. The van der Waals surface area contributed by atoms with Crippen molar-refractivity contribution >= 4 is 22.2 Å². The molecule has 1 aromatic heterocycles. The van der Waals surface area contributed by atoms with Gasteiger partial charge in [-0.15, -0.1) is 13.2 Å². The quantitative estimate of drug-likeness (QED) is 0.480. The van der Waals surface area contributed by atoms with Crippen molar-refractivity contribution in [1.82, 2.24) is 4.98 Å². The lowest BCUT2D eigenvalue weighted by molar-refractivity contribution is -0.275. The zero-order chi connectivity index (χ0) is 13.9. The molecule has 3 nitrogen and oxygen atoms in total. The number of carbonyl (C=O) groups is 1. The number of aldehydes is 1. The van der Waals surface area contributed by atoms with Crippen molar-refractivity contribution in [2.75, 3.05) is 0 Å². The van der Waals surface area contributed by atoms with Crippen LogP contribution in [0.15, 0.2) is 6.20 Å². The zero-order valence-corrected chi connectivity index (χ0v) is 10.1. The van der Waals surface area contributed by atoms with E-state index in [0.29, 0.717) is 0 Å². The summed E-state index contributed by atoms with van der Waals surface area (Å²) in [5.41, 5.74) is -2.10. The van der Waals surface area contributed by atoms with Crippen molar-refractivity contribution in [3.05, 3.63) is 23.0 Å². The molecule has 1 heterocycles. The van der Waals surface area contributed by atoms with Gasteiger partial charge in [-0.05, 0) is 0 Å². The van der Waals surface area contributed by atoms with Gasteiger partial charge in [0.25, 0.3) is 6.43 Å². The Kier molecular flexibility index (Phi) is 4.60. The van der Waals surface area contributed by atoms with Gasteiger partial charge in [0.1, 0.15) is 11.4 Å². The number of alkyl halides is 6. The number of hydrogen-bond donors (Lipinski definition) is 0. The fourth-order valence-corrected chi connectivity index (χ4v) is 1.58. The second-order valence-corrected chi connectivity index (χ2v) is 3.57. The average Bonchev–Trinajstić information content (AvgIpc) is 2.26. The Hall–Kier alpha value is -1.25. The molecule has 0 amide bonds. The third-order valence-electron chi connectivity index (χ3n) is 1.86. The van der Waals surface area contributed by atoms with E-state index in [0.717, 1.165) is 6.20 Å². The summed E-state index contributed by atoms with van der Waals surface area (Å²) in [5.74, 6) is -0.959. The molecule has 0 spiro atoms. The minimum atomic E-state index is -5.09. The predicted molar refractivity (Wildman–Crippen MR) is 53.9 cm³/mol. The van der Waals surface area contributed by atoms with Crippen LogP contribution in [-0.4, -0.2) is 17.6 Å². The molecule has 0 aromatic carbocycles. The lowest BCUT2D eigenvalue weighted by atomic mass is 10.1. The van der Waals surface area contributed by atoms with Crippen LogP contribution < -0.4 is 4.74 Å². The first-order chi connectivity index (χ1) is 8.30. The average molecular weight is 334 g/mol. The van der Waals surface area contributed by atoms with Gasteiger partial charge in [0.15, 0.2) is 6.29 Å². The number of hydrogen-bond acceptors (Lipinski definition) is 3. The molecule has 9 heteroatoms. The molecular formula is C9H5BrF5NO2. The van der Waals surface area contributed by atoms with E-state index in [9.17, 15) is 26.7 Å². The summed E-state index contributed by atoms with van der Waals surface area (Å²) in [5, 5.41) is -0.129. The minimum Gasteiger partial charge on any atom is -0.405 e. The number of pyridine rings is 1. The second-order valence-electron chi connectivity index (χ2n) is 3.01. The molecule has 0 bridgehead atoms. The van der Waals surface area contributed by atoms with Crippen LogP contribution >= 0.6 is 15.9 Å². The second kappa shape index (κ2) is 5.59. The van der Waals surface area contributed by atoms with Crippen LogP contribution in [0.25, 0.3) is 0 Å². The van der Waals surface area contributed by atoms with Gasteiger partial charge in [-0.3, -0.25) is 9.78 Å². The van der Waals surface area contributed by atoms with Crippen LogP contribution in [0.3, 0.4) is 0 Å². The molecule has 0 fully saturated rings. The summed E-state index contributed by atoms with van der Waals surface area (Å²) in [4.78, 5) is 13.9. The van der Waals surface area contributed by atoms with Gasteiger partial charge in [0.05, 0.1) is 5.56 Å². The highest BCUT2D eigenvalue weighted by Gasteiger charge is 2.34. The Morgan fingerprint density at radius 3 is 2.44 bits per heavy atom. The molecule has 0 atom stereocenters. The van der Waals surface area contributed by atoms with Crippen molar-refractivity contribution in [2.24, 2.45) is 0 Å². The summed E-state index contributed by atoms with van der Waals surface area (Å²) in [6.07, 6.45) is -7.60. The molecular weight excluding hydrogens is 329 g/mol. The molecule has 1 rings (SSSR count). The van der Waals surface area contributed by atoms with Crippen LogP contribution in [0.2, 0.25) is 0 Å². The highest BCUT2D eigenvalue weighted by Crippen LogP contribution is 2.34. The van der Waals surface area contributed by atoms with E-state index in [1.54, 1.807) is 0 Å². The summed E-state index contributed by atoms with van der Waals surface area (Å²) >= 11 is 2.85. The molecule has 0 N–H and O–H groups in total. The van der Waals surface area contributed by atoms with Crippen molar-refractivity contribution in [2.45, 2.75) is 18.1 Å². The van der Waals surface area contributed by atoms with E-state index in [1.807, 2.05) is 0 Å². The van der Waals surface area contributed by atoms with E-state index in [-0.39, 0.29) is 17.2 Å². The zero-order valence-electron chi connectivity index (χ0n) is 8.47. The summed E-state index contributed by atoms with van der Waals surface area (Å²) in [6, 6.07) is 0. The van der Waals surface area contributed by atoms with Crippen LogP contribution in [-0.2, 0) is 5.33 Å². The normalized spacial score (nSPS) is 11.7. The lowest BCUT2D eigenvalue weighted by Crippen LogP contribution is -2.20. The van der Waals surface area contributed by atoms with Crippen LogP contribution in [0, 0.1) is 0 Å². The Morgan fingerprint density at radius 1 is 1.44 bits per heavy atom. The van der Waals surface area contributed by atoms with Crippen molar-refractivity contribution in [3.8, 4) is 5.75 Å². The van der Waals surface area contributed by atoms with Gasteiger partial charge in [-0.2, -0.15) is 0 Å². The molecule has 100 valence electrons. The molecule has 0 radical (unpaired) electrons. The monoisotopic (exact) mass is 333 g/mol. The maximum absolute atomic E-state index is 12.5. The molecule has 1 aromatic rings. The fraction of sp³-hybridized carbons (Fsp3) is 0.333. The summed E-state index contributed by atoms with van der Waals surface area (Å²) in [7, 11) is 0. The number of rotatable bonds is 4. The Balaban J connectivity index is 3.42. The SMILES string of the molecule is O=Cc1c(C(F)F)ncc(CBr)c1OC(F)(F)F. The third kappa shape index (κ3) is 3.37. The molecule has 0 aliphatic rings. The van der Waals surface area contributed by atoms with E-state index < -0.39 is 29.8 Å². The first-order valence-electron chi connectivity index (χ1n) is 4.37. The number of ether oxygens (including phenoxy) is 1. The van der Waals surface area contributed by atoms with Crippen LogP contribution in [0.1, 0.15) is 28.0 Å². The molecule has 0 aliphatic carbocycles. The van der Waals surface area contributed by atoms with Gasteiger partial charge in [0, 0.05) is 17.1 Å². The minimum absolute atomic E-state index is 0.129. The van der Waals surface area contributed by atoms with Crippen molar-refractivity contribution in [3.63, 3.8) is 0 Å². The fourth-order valence-electron chi connectivity index (χ4n) is 1.18. The van der Waals surface area contributed by atoms with Gasteiger partial charge < -0.3 is 4.74 Å². The third-order valence-corrected chi connectivity index (χ3v) is 2.46. The standard InChI is InChI=1S/C9H5BrF5NO2/c10-1-4-2-16-6(8(11)12)5(3-17)7(4)18-9(13,14)15/h2-3,8H,1H2. The number of aromatic nitrogens is 1. The highest BCUT2D eigenvalue weighted by molar-refractivity contribution is 9.08. The highest BCUT2D eigenvalue weighted by atomic mass is 79.9. The summed E-state index contributed by atoms with van der Waals surface area (Å²) < 4.78 is 65.0. The van der Waals surface area contributed by atoms with Gasteiger partial charge in [-0.1, -0.05) is 15.9 Å². The van der Waals surface area contributed by atoms with E-state index in [1.165, 1.54) is 0 Å². The molecule has 0 saturated carbocycles. The van der Waals surface area contributed by atoms with Crippen LogP contribution in [0.4, 0.5) is 22.0 Å². The number of nitrogens with zero attached hydrogens (tertiary/aromatic N) is 1. The summed E-state index contributed by atoms with van der Waals surface area (Å²) in [6.45, 7) is 0. The first kappa shape index (κ1) is 14.8.